The van der Waals surface area contributed by atoms with Crippen molar-refractivity contribution >= 4 is 5.91 Å². The molecule has 1 fully saturated rings. The van der Waals surface area contributed by atoms with Crippen LogP contribution >= 0.6 is 0 Å². The molecule has 1 amide bonds. The summed E-state index contributed by atoms with van der Waals surface area (Å²) < 4.78 is 0. The Bertz CT molecular complexity index is 1090. The molecule has 2 atom stereocenters. The highest BCUT2D eigenvalue weighted by molar-refractivity contribution is 5.94. The normalized spacial score (nSPS) is 20.9. The SMILES string of the molecule is Cc1ccc(C(=O)N2CC(CN3CCc4ccccc4C3)C(c3ccc(C)cc3)C2)cc1. The van der Waals surface area contributed by atoms with E-state index in [1.807, 2.05) is 24.3 Å². The molecule has 0 spiro atoms. The molecular weight excluding hydrogens is 392 g/mol. The topological polar surface area (TPSA) is 23.6 Å². The van der Waals surface area contributed by atoms with Crippen LogP contribution in [0, 0.1) is 19.8 Å². The first kappa shape index (κ1) is 21.0. The quantitative estimate of drug-likeness (QED) is 0.573. The molecule has 1 saturated heterocycles. The summed E-state index contributed by atoms with van der Waals surface area (Å²) in [6, 6.07) is 25.7. The largest absolute Gasteiger partial charge is 0.338 e. The van der Waals surface area contributed by atoms with Gasteiger partial charge >= 0.3 is 0 Å². The van der Waals surface area contributed by atoms with Gasteiger partial charge in [0.25, 0.3) is 5.91 Å². The maximum Gasteiger partial charge on any atom is 0.253 e. The number of amides is 1. The lowest BCUT2D eigenvalue weighted by molar-refractivity contribution is 0.0782. The van der Waals surface area contributed by atoms with Crippen molar-refractivity contribution in [3.05, 3.63) is 106 Å². The number of carbonyl (C=O) groups is 1. The van der Waals surface area contributed by atoms with E-state index in [2.05, 4.69) is 72.2 Å². The number of benzene rings is 3. The van der Waals surface area contributed by atoms with E-state index in [1.54, 1.807) is 0 Å². The Labute approximate surface area is 191 Å². The summed E-state index contributed by atoms with van der Waals surface area (Å²) >= 11 is 0. The van der Waals surface area contributed by atoms with Gasteiger partial charge in [-0.1, -0.05) is 71.8 Å². The Balaban J connectivity index is 1.36. The molecule has 2 aliphatic heterocycles. The molecule has 0 aliphatic carbocycles. The van der Waals surface area contributed by atoms with E-state index in [0.717, 1.165) is 44.7 Å². The summed E-state index contributed by atoms with van der Waals surface area (Å²) in [5, 5.41) is 0. The fraction of sp³-hybridized carbons (Fsp3) is 0.345. The molecular formula is C29H32N2O. The van der Waals surface area contributed by atoms with Crippen LogP contribution in [-0.4, -0.2) is 41.9 Å². The molecule has 2 heterocycles. The first-order valence-corrected chi connectivity index (χ1v) is 11.8. The molecule has 0 N–H and O–H groups in total. The lowest BCUT2D eigenvalue weighted by Gasteiger charge is -2.32. The Morgan fingerprint density at radius 3 is 2.22 bits per heavy atom. The number of hydrogen-bond acceptors (Lipinski definition) is 2. The van der Waals surface area contributed by atoms with Gasteiger partial charge in [-0.3, -0.25) is 9.69 Å². The van der Waals surface area contributed by atoms with Crippen molar-refractivity contribution in [3.8, 4) is 0 Å². The number of carbonyl (C=O) groups excluding carboxylic acids is 1. The van der Waals surface area contributed by atoms with Crippen LogP contribution in [-0.2, 0) is 13.0 Å². The number of rotatable bonds is 4. The van der Waals surface area contributed by atoms with Gasteiger partial charge in [0.1, 0.15) is 0 Å². The van der Waals surface area contributed by atoms with E-state index >= 15 is 0 Å². The van der Waals surface area contributed by atoms with Crippen LogP contribution in [0.5, 0.6) is 0 Å². The maximum atomic E-state index is 13.3. The van der Waals surface area contributed by atoms with Crippen LogP contribution in [0.15, 0.2) is 72.8 Å². The summed E-state index contributed by atoms with van der Waals surface area (Å²) in [5.74, 6) is 0.980. The van der Waals surface area contributed by atoms with Crippen molar-refractivity contribution < 1.29 is 4.79 Å². The summed E-state index contributed by atoms with van der Waals surface area (Å²) in [6.07, 6.45) is 1.12. The highest BCUT2D eigenvalue weighted by Gasteiger charge is 2.37. The average Bonchev–Trinajstić information content (AvgIpc) is 3.23. The molecule has 3 aromatic rings. The maximum absolute atomic E-state index is 13.3. The number of fused-ring (bicyclic) bond motifs is 1. The Kier molecular flexibility index (Phi) is 5.84. The zero-order chi connectivity index (χ0) is 22.1. The summed E-state index contributed by atoms with van der Waals surface area (Å²) in [4.78, 5) is 18.0. The first-order chi connectivity index (χ1) is 15.6. The van der Waals surface area contributed by atoms with E-state index in [0.29, 0.717) is 11.8 Å². The van der Waals surface area contributed by atoms with E-state index in [-0.39, 0.29) is 5.91 Å². The number of nitrogens with zero attached hydrogens (tertiary/aromatic N) is 2. The predicted octanol–water partition coefficient (Wildman–Crippen LogP) is 5.22. The van der Waals surface area contributed by atoms with Crippen LogP contribution in [0.25, 0.3) is 0 Å². The van der Waals surface area contributed by atoms with Crippen molar-refractivity contribution in [1.29, 1.82) is 0 Å². The minimum Gasteiger partial charge on any atom is -0.338 e. The second kappa shape index (κ2) is 8.91. The highest BCUT2D eigenvalue weighted by atomic mass is 16.2. The molecule has 3 aromatic carbocycles. The molecule has 5 rings (SSSR count). The second-order valence-corrected chi connectivity index (χ2v) is 9.61. The highest BCUT2D eigenvalue weighted by Crippen LogP contribution is 2.35. The molecule has 0 aromatic heterocycles. The van der Waals surface area contributed by atoms with Crippen LogP contribution in [0.2, 0.25) is 0 Å². The molecule has 2 unspecified atom stereocenters. The Hall–Kier alpha value is -2.91. The molecule has 3 heteroatoms. The molecule has 0 saturated carbocycles. The number of likely N-dealkylation sites (tertiary alicyclic amines) is 1. The summed E-state index contributed by atoms with van der Waals surface area (Å²) in [7, 11) is 0. The Morgan fingerprint density at radius 2 is 1.50 bits per heavy atom. The fourth-order valence-electron chi connectivity index (χ4n) is 5.33. The van der Waals surface area contributed by atoms with Gasteiger partial charge in [-0.15, -0.1) is 0 Å². The van der Waals surface area contributed by atoms with Gasteiger partial charge in [0, 0.05) is 44.2 Å². The third kappa shape index (κ3) is 4.35. The van der Waals surface area contributed by atoms with Crippen LogP contribution < -0.4 is 0 Å². The van der Waals surface area contributed by atoms with Gasteiger partial charge in [0.15, 0.2) is 0 Å². The van der Waals surface area contributed by atoms with E-state index in [9.17, 15) is 4.79 Å². The van der Waals surface area contributed by atoms with Crippen LogP contribution in [0.4, 0.5) is 0 Å². The standard InChI is InChI=1S/C29H32N2O/c1-21-7-11-24(12-8-21)28-20-31(29(32)25-13-9-22(2)10-14-25)19-27(28)18-30-16-15-23-5-3-4-6-26(23)17-30/h3-14,27-28H,15-20H2,1-2H3. The van der Waals surface area contributed by atoms with Crippen molar-refractivity contribution in [2.75, 3.05) is 26.2 Å². The molecule has 164 valence electrons. The third-order valence-corrected chi connectivity index (χ3v) is 7.23. The first-order valence-electron chi connectivity index (χ1n) is 11.8. The minimum atomic E-state index is 0.161. The van der Waals surface area contributed by atoms with Gasteiger partial charge in [0.2, 0.25) is 0 Å². The lowest BCUT2D eigenvalue weighted by atomic mass is 9.87. The monoisotopic (exact) mass is 424 g/mol. The van der Waals surface area contributed by atoms with E-state index < -0.39 is 0 Å². The third-order valence-electron chi connectivity index (χ3n) is 7.23. The molecule has 2 aliphatic rings. The summed E-state index contributed by atoms with van der Waals surface area (Å²) in [5.41, 5.74) is 7.56. The van der Waals surface area contributed by atoms with Crippen molar-refractivity contribution in [3.63, 3.8) is 0 Å². The zero-order valence-electron chi connectivity index (χ0n) is 19.1. The fourth-order valence-corrected chi connectivity index (χ4v) is 5.33. The number of aryl methyl sites for hydroxylation is 2. The van der Waals surface area contributed by atoms with Gasteiger partial charge in [-0.2, -0.15) is 0 Å². The summed E-state index contributed by atoms with van der Waals surface area (Å²) in [6.45, 7) is 8.96. The second-order valence-electron chi connectivity index (χ2n) is 9.61. The predicted molar refractivity (Wildman–Crippen MR) is 130 cm³/mol. The van der Waals surface area contributed by atoms with Crippen molar-refractivity contribution in [2.24, 2.45) is 5.92 Å². The van der Waals surface area contributed by atoms with Gasteiger partial charge < -0.3 is 4.90 Å². The van der Waals surface area contributed by atoms with E-state index in [1.165, 1.54) is 27.8 Å². The smallest absolute Gasteiger partial charge is 0.253 e. The van der Waals surface area contributed by atoms with Gasteiger partial charge in [0.05, 0.1) is 0 Å². The molecule has 0 radical (unpaired) electrons. The van der Waals surface area contributed by atoms with Crippen molar-refractivity contribution in [1.82, 2.24) is 9.80 Å². The lowest BCUT2D eigenvalue weighted by Crippen LogP contribution is -2.37. The minimum absolute atomic E-state index is 0.161. The van der Waals surface area contributed by atoms with Gasteiger partial charge in [-0.25, -0.2) is 0 Å². The Morgan fingerprint density at radius 1 is 0.844 bits per heavy atom. The van der Waals surface area contributed by atoms with Gasteiger partial charge in [-0.05, 0) is 55.0 Å². The van der Waals surface area contributed by atoms with Crippen LogP contribution in [0.1, 0.15) is 44.1 Å². The van der Waals surface area contributed by atoms with Crippen molar-refractivity contribution in [2.45, 2.75) is 32.7 Å². The number of hydrogen-bond donors (Lipinski definition) is 0. The average molecular weight is 425 g/mol. The zero-order valence-corrected chi connectivity index (χ0v) is 19.1. The molecule has 32 heavy (non-hydrogen) atoms. The van der Waals surface area contributed by atoms with Crippen LogP contribution in [0.3, 0.4) is 0 Å². The molecule has 0 bridgehead atoms. The van der Waals surface area contributed by atoms with E-state index in [4.69, 9.17) is 0 Å². The molecule has 3 nitrogen and oxygen atoms in total.